The van der Waals surface area contributed by atoms with Crippen LogP contribution in [0.4, 0.5) is 0 Å². The van der Waals surface area contributed by atoms with Crippen molar-refractivity contribution in [2.45, 2.75) is 39.2 Å². The lowest BCUT2D eigenvalue weighted by molar-refractivity contribution is -0.132. The highest BCUT2D eigenvalue weighted by molar-refractivity contribution is 5.96. The highest BCUT2D eigenvalue weighted by atomic mass is 16.5. The normalized spacial score (nSPS) is 10.8. The Balaban J connectivity index is 1.74. The van der Waals surface area contributed by atoms with Gasteiger partial charge in [-0.1, -0.05) is 31.5 Å². The second kappa shape index (κ2) is 15.6. The molecule has 0 fully saturated rings. The number of unbranched alkanes of at least 4 members (excludes halogenated alkanes) is 1. The summed E-state index contributed by atoms with van der Waals surface area (Å²) in [4.78, 5) is 30.3. The molecule has 0 aliphatic carbocycles. The molecule has 0 saturated carbocycles. The van der Waals surface area contributed by atoms with E-state index < -0.39 is 0 Å². The van der Waals surface area contributed by atoms with Crippen LogP contribution in [-0.2, 0) is 28.9 Å². The first-order valence-corrected chi connectivity index (χ1v) is 13.4. The molecule has 0 spiro atoms. The van der Waals surface area contributed by atoms with Crippen molar-refractivity contribution in [2.75, 3.05) is 47.6 Å². The monoisotopic (exact) mass is 536 g/mol. The molecule has 0 unspecified atom stereocenters. The molecule has 8 heteroatoms. The highest BCUT2D eigenvalue weighted by Gasteiger charge is 2.23. The maximum atomic E-state index is 13.6. The number of carbonyl (C=O) groups excluding carboxylic acids is 2. The standard InChI is InChI=1S/C31H40N2O6/c1-5-6-8-24-10-13-26(14-11-24)31(35)33(18-20-36-2)23-30(34)32(22-27-9-7-19-39-27)17-16-25-12-15-28(37-3)29(21-25)38-4/h7,9-15,19,21H,5-6,8,16-18,20,22-23H2,1-4H3. The zero-order valence-corrected chi connectivity index (χ0v) is 23.5. The summed E-state index contributed by atoms with van der Waals surface area (Å²) in [6.45, 7) is 3.48. The van der Waals surface area contributed by atoms with Crippen molar-refractivity contribution in [3.05, 3.63) is 83.3 Å². The fourth-order valence-corrected chi connectivity index (χ4v) is 4.28. The summed E-state index contributed by atoms with van der Waals surface area (Å²) < 4.78 is 21.5. The minimum atomic E-state index is -0.194. The zero-order valence-electron chi connectivity index (χ0n) is 23.5. The molecule has 0 atom stereocenters. The Morgan fingerprint density at radius 1 is 0.846 bits per heavy atom. The van der Waals surface area contributed by atoms with E-state index in [0.717, 1.165) is 24.8 Å². The van der Waals surface area contributed by atoms with Gasteiger partial charge in [-0.3, -0.25) is 9.59 Å². The number of rotatable bonds is 16. The lowest BCUT2D eigenvalue weighted by Crippen LogP contribution is -2.44. The van der Waals surface area contributed by atoms with Crippen molar-refractivity contribution >= 4 is 11.8 Å². The number of aryl methyl sites for hydroxylation is 1. The SMILES string of the molecule is CCCCc1ccc(C(=O)N(CCOC)CC(=O)N(CCc2ccc(OC)c(OC)c2)Cc2ccco2)cc1. The van der Waals surface area contributed by atoms with E-state index in [2.05, 4.69) is 6.92 Å². The topological polar surface area (TPSA) is 81.5 Å². The predicted molar refractivity (Wildman–Crippen MR) is 150 cm³/mol. The van der Waals surface area contributed by atoms with Crippen LogP contribution in [0.1, 0.15) is 47.0 Å². The smallest absolute Gasteiger partial charge is 0.254 e. The summed E-state index contributed by atoms with van der Waals surface area (Å²) in [5.74, 6) is 1.59. The third kappa shape index (κ3) is 8.89. The van der Waals surface area contributed by atoms with Crippen LogP contribution in [0.5, 0.6) is 11.5 Å². The Labute approximate surface area is 231 Å². The summed E-state index contributed by atoms with van der Waals surface area (Å²) in [5.41, 5.74) is 2.76. The number of furan rings is 1. The maximum absolute atomic E-state index is 13.6. The number of methoxy groups -OCH3 is 3. The van der Waals surface area contributed by atoms with E-state index in [9.17, 15) is 9.59 Å². The minimum absolute atomic E-state index is 0.0631. The van der Waals surface area contributed by atoms with Crippen molar-refractivity contribution in [1.82, 2.24) is 9.80 Å². The molecule has 8 nitrogen and oxygen atoms in total. The fourth-order valence-electron chi connectivity index (χ4n) is 4.28. The lowest BCUT2D eigenvalue weighted by atomic mass is 10.1. The van der Waals surface area contributed by atoms with Gasteiger partial charge < -0.3 is 28.4 Å². The third-order valence-electron chi connectivity index (χ3n) is 6.60. The van der Waals surface area contributed by atoms with Gasteiger partial charge in [0, 0.05) is 25.8 Å². The number of hydrogen-bond donors (Lipinski definition) is 0. The van der Waals surface area contributed by atoms with Gasteiger partial charge in [-0.05, 0) is 66.8 Å². The van der Waals surface area contributed by atoms with Gasteiger partial charge in [-0.2, -0.15) is 0 Å². The fraction of sp³-hybridized carbons (Fsp3) is 0.419. The number of carbonyl (C=O) groups is 2. The molecule has 2 aromatic carbocycles. The Bertz CT molecular complexity index is 1160. The van der Waals surface area contributed by atoms with E-state index in [0.29, 0.717) is 55.5 Å². The summed E-state index contributed by atoms with van der Waals surface area (Å²) in [5, 5.41) is 0. The molecule has 210 valence electrons. The van der Waals surface area contributed by atoms with Crippen LogP contribution in [0, 0.1) is 0 Å². The largest absolute Gasteiger partial charge is 0.493 e. The van der Waals surface area contributed by atoms with E-state index >= 15 is 0 Å². The minimum Gasteiger partial charge on any atom is -0.493 e. The van der Waals surface area contributed by atoms with Crippen molar-refractivity contribution in [1.29, 1.82) is 0 Å². The first kappa shape index (κ1) is 29.8. The molecule has 0 aliphatic heterocycles. The molecule has 2 amide bonds. The van der Waals surface area contributed by atoms with Crippen LogP contribution in [0.3, 0.4) is 0 Å². The second-order valence-corrected chi connectivity index (χ2v) is 9.35. The van der Waals surface area contributed by atoms with Crippen molar-refractivity contribution in [2.24, 2.45) is 0 Å². The van der Waals surface area contributed by atoms with E-state index in [1.54, 1.807) is 43.5 Å². The van der Waals surface area contributed by atoms with Gasteiger partial charge in [0.1, 0.15) is 12.3 Å². The molecule has 0 radical (unpaired) electrons. The van der Waals surface area contributed by atoms with Gasteiger partial charge in [0.2, 0.25) is 5.91 Å². The van der Waals surface area contributed by atoms with Crippen molar-refractivity contribution in [3.63, 3.8) is 0 Å². The van der Waals surface area contributed by atoms with E-state index in [1.807, 2.05) is 48.5 Å². The van der Waals surface area contributed by atoms with E-state index in [-0.39, 0.29) is 18.4 Å². The van der Waals surface area contributed by atoms with Gasteiger partial charge in [0.05, 0.1) is 33.6 Å². The first-order chi connectivity index (χ1) is 19.0. The Kier molecular flexibility index (Phi) is 11.9. The number of benzene rings is 2. The molecule has 0 aliphatic rings. The second-order valence-electron chi connectivity index (χ2n) is 9.35. The predicted octanol–water partition coefficient (Wildman–Crippen LogP) is 5.00. The third-order valence-corrected chi connectivity index (χ3v) is 6.60. The molecular weight excluding hydrogens is 496 g/mol. The first-order valence-electron chi connectivity index (χ1n) is 13.4. The molecular formula is C31H40N2O6. The quantitative estimate of drug-likeness (QED) is 0.256. The van der Waals surface area contributed by atoms with Crippen LogP contribution in [0.25, 0.3) is 0 Å². The molecule has 0 saturated heterocycles. The van der Waals surface area contributed by atoms with Gasteiger partial charge in [-0.15, -0.1) is 0 Å². The Morgan fingerprint density at radius 3 is 2.23 bits per heavy atom. The van der Waals surface area contributed by atoms with Crippen LogP contribution in [-0.4, -0.2) is 69.2 Å². The van der Waals surface area contributed by atoms with E-state index in [4.69, 9.17) is 18.6 Å². The molecule has 39 heavy (non-hydrogen) atoms. The van der Waals surface area contributed by atoms with Crippen molar-refractivity contribution in [3.8, 4) is 11.5 Å². The molecule has 0 bridgehead atoms. The molecule has 3 aromatic rings. The number of nitrogens with zero attached hydrogens (tertiary/aromatic N) is 2. The van der Waals surface area contributed by atoms with Gasteiger partial charge >= 0.3 is 0 Å². The average Bonchev–Trinajstić information content (AvgIpc) is 3.49. The molecule has 1 heterocycles. The van der Waals surface area contributed by atoms with Gasteiger partial charge in [0.15, 0.2) is 11.5 Å². The summed E-state index contributed by atoms with van der Waals surface area (Å²) in [6.07, 6.45) is 5.40. The average molecular weight is 537 g/mol. The van der Waals surface area contributed by atoms with Gasteiger partial charge in [-0.25, -0.2) is 0 Å². The van der Waals surface area contributed by atoms with E-state index in [1.165, 1.54) is 5.56 Å². The lowest BCUT2D eigenvalue weighted by Gasteiger charge is -2.27. The van der Waals surface area contributed by atoms with Crippen LogP contribution in [0.15, 0.2) is 65.3 Å². The summed E-state index contributed by atoms with van der Waals surface area (Å²) in [6, 6.07) is 17.0. The molecule has 1 aromatic heterocycles. The van der Waals surface area contributed by atoms with Crippen LogP contribution >= 0.6 is 0 Å². The highest BCUT2D eigenvalue weighted by Crippen LogP contribution is 2.28. The zero-order chi connectivity index (χ0) is 28.0. The Hall–Kier alpha value is -3.78. The number of ether oxygens (including phenoxy) is 3. The van der Waals surface area contributed by atoms with Crippen molar-refractivity contribution < 1.29 is 28.2 Å². The Morgan fingerprint density at radius 2 is 1.59 bits per heavy atom. The maximum Gasteiger partial charge on any atom is 0.254 e. The number of amides is 2. The number of hydrogen-bond acceptors (Lipinski definition) is 6. The van der Waals surface area contributed by atoms with Crippen LogP contribution in [0.2, 0.25) is 0 Å². The molecule has 3 rings (SSSR count). The summed E-state index contributed by atoms with van der Waals surface area (Å²) >= 11 is 0. The van der Waals surface area contributed by atoms with Crippen LogP contribution < -0.4 is 9.47 Å². The van der Waals surface area contributed by atoms with Gasteiger partial charge in [0.25, 0.3) is 5.91 Å². The summed E-state index contributed by atoms with van der Waals surface area (Å²) in [7, 11) is 4.77. The molecule has 0 N–H and O–H groups in total.